The highest BCUT2D eigenvalue weighted by Gasteiger charge is 2.30. The molecule has 2 unspecified atom stereocenters. The molecule has 0 heterocycles. The Morgan fingerprint density at radius 1 is 0.314 bits per heavy atom. The summed E-state index contributed by atoms with van der Waals surface area (Å²) in [5.74, 6) is -1.37. The van der Waals surface area contributed by atoms with Crippen LogP contribution in [0.15, 0.2) is 0 Å². The van der Waals surface area contributed by atoms with E-state index in [1.54, 1.807) is 0 Å². The molecule has 0 aliphatic rings. The average Bonchev–Trinajstić information content (AvgIpc) is 3.65. The van der Waals surface area contributed by atoms with E-state index in [-0.39, 0.29) is 25.7 Å². The van der Waals surface area contributed by atoms with Gasteiger partial charge in [-0.15, -0.1) is 0 Å². The summed E-state index contributed by atoms with van der Waals surface area (Å²) in [7, 11) is -9.89. The number of aliphatic hydroxyl groups is 1. The minimum atomic E-state index is -4.95. The summed E-state index contributed by atoms with van der Waals surface area (Å²) in [6, 6.07) is 0. The zero-order valence-corrected chi connectivity index (χ0v) is 57.2. The van der Waals surface area contributed by atoms with E-state index in [0.717, 1.165) is 95.8 Å². The van der Waals surface area contributed by atoms with Crippen LogP contribution in [0.5, 0.6) is 0 Å². The van der Waals surface area contributed by atoms with Crippen LogP contribution in [0.3, 0.4) is 0 Å². The van der Waals surface area contributed by atoms with Crippen molar-refractivity contribution in [3.8, 4) is 0 Å². The van der Waals surface area contributed by atoms with Gasteiger partial charge in [0.1, 0.15) is 19.3 Å². The number of hydrogen-bond donors (Lipinski definition) is 3. The van der Waals surface area contributed by atoms with Crippen LogP contribution in [0.2, 0.25) is 0 Å². The molecule has 0 fully saturated rings. The van der Waals surface area contributed by atoms with Gasteiger partial charge in [0.2, 0.25) is 0 Å². The van der Waals surface area contributed by atoms with Crippen LogP contribution >= 0.6 is 15.6 Å². The maximum absolute atomic E-state index is 13.0. The summed E-state index contributed by atoms with van der Waals surface area (Å²) < 4.78 is 68.1. The summed E-state index contributed by atoms with van der Waals surface area (Å²) in [6.07, 6.45) is 45.7. The number of rotatable bonds is 67. The molecule has 0 aliphatic carbocycles. The van der Waals surface area contributed by atoms with Crippen molar-refractivity contribution < 1.29 is 80.2 Å². The Kier molecular flexibility index (Phi) is 59.2. The largest absolute Gasteiger partial charge is 0.472 e. The van der Waals surface area contributed by atoms with E-state index in [4.69, 9.17) is 37.0 Å². The smallest absolute Gasteiger partial charge is 0.462 e. The molecule has 510 valence electrons. The average molecular weight is 1270 g/mol. The van der Waals surface area contributed by atoms with Crippen molar-refractivity contribution >= 4 is 39.5 Å². The second-order valence-electron chi connectivity index (χ2n) is 24.7. The van der Waals surface area contributed by atoms with E-state index in [2.05, 4.69) is 34.6 Å². The van der Waals surface area contributed by atoms with Gasteiger partial charge >= 0.3 is 39.5 Å². The first-order chi connectivity index (χ1) is 41.5. The van der Waals surface area contributed by atoms with E-state index in [9.17, 15) is 43.2 Å². The third kappa shape index (κ3) is 60.9. The first kappa shape index (κ1) is 84.1. The summed E-state index contributed by atoms with van der Waals surface area (Å²) in [4.78, 5) is 72.3. The van der Waals surface area contributed by atoms with Crippen molar-refractivity contribution in [2.24, 2.45) is 5.92 Å². The van der Waals surface area contributed by atoms with Gasteiger partial charge in [0.25, 0.3) is 0 Å². The molecule has 0 aromatic heterocycles. The van der Waals surface area contributed by atoms with Crippen molar-refractivity contribution in [1.29, 1.82) is 0 Å². The number of carbonyl (C=O) groups is 4. The molecule has 0 spiro atoms. The van der Waals surface area contributed by atoms with Gasteiger partial charge in [0.15, 0.2) is 12.2 Å². The van der Waals surface area contributed by atoms with Gasteiger partial charge in [-0.1, -0.05) is 291 Å². The van der Waals surface area contributed by atoms with Crippen molar-refractivity contribution in [1.82, 2.24) is 0 Å². The molecule has 19 heteroatoms. The first-order valence-electron chi connectivity index (χ1n) is 35.1. The lowest BCUT2D eigenvalue weighted by Crippen LogP contribution is -2.30. The molecule has 17 nitrogen and oxygen atoms in total. The van der Waals surface area contributed by atoms with Gasteiger partial charge in [-0.05, 0) is 31.6 Å². The third-order valence-corrected chi connectivity index (χ3v) is 17.4. The van der Waals surface area contributed by atoms with Gasteiger partial charge in [-0.3, -0.25) is 37.3 Å². The lowest BCUT2D eigenvalue weighted by atomic mass is 10.0. The van der Waals surface area contributed by atoms with Crippen LogP contribution in [0, 0.1) is 5.92 Å². The first-order valence-corrected chi connectivity index (χ1v) is 38.1. The molecule has 3 N–H and O–H groups in total. The highest BCUT2D eigenvalue weighted by atomic mass is 31.2. The number of esters is 4. The van der Waals surface area contributed by atoms with Crippen LogP contribution in [0.25, 0.3) is 0 Å². The summed E-state index contributed by atoms with van der Waals surface area (Å²) in [5, 5.41) is 10.6. The highest BCUT2D eigenvalue weighted by Crippen LogP contribution is 2.45. The standard InChI is InChI=1S/C67H130O17P2/c1-6-9-12-15-18-21-23-24-25-26-33-38-43-48-53-67(72)84-63(57-78-65(70)51-46-41-36-32-28-27-30-34-39-44-49-60(4)5)59-82-86(75,76)80-55-61(68)54-79-85(73,74)81-58-62(56-77-64(69)50-45-40-35-29-20-17-14-11-8-3)83-66(71)52-47-42-37-31-22-19-16-13-10-7-2/h60-63,68H,6-59H2,1-5H3,(H,73,74)(H,75,76)/t61-,62+,63+/m0/s1. The lowest BCUT2D eigenvalue weighted by Gasteiger charge is -2.21. The number of phosphoric ester groups is 2. The quantitative estimate of drug-likeness (QED) is 0.0222. The predicted octanol–water partition coefficient (Wildman–Crippen LogP) is 19.0. The number of aliphatic hydroxyl groups excluding tert-OH is 1. The summed E-state index contributed by atoms with van der Waals surface area (Å²) in [6.45, 7) is 7.20. The maximum Gasteiger partial charge on any atom is 0.472 e. The maximum atomic E-state index is 13.0. The van der Waals surface area contributed by atoms with Gasteiger partial charge < -0.3 is 33.8 Å². The van der Waals surface area contributed by atoms with Crippen LogP contribution < -0.4 is 0 Å². The molecule has 0 aromatic rings. The van der Waals surface area contributed by atoms with Crippen LogP contribution in [-0.2, 0) is 65.4 Å². The molecule has 0 rings (SSSR count). The number of phosphoric acid groups is 2. The minimum Gasteiger partial charge on any atom is -0.462 e. The van der Waals surface area contributed by atoms with Gasteiger partial charge in [0.05, 0.1) is 26.4 Å². The Bertz CT molecular complexity index is 1670. The lowest BCUT2D eigenvalue weighted by molar-refractivity contribution is -0.161. The number of hydrogen-bond acceptors (Lipinski definition) is 15. The fourth-order valence-electron chi connectivity index (χ4n) is 10.1. The number of ether oxygens (including phenoxy) is 4. The SMILES string of the molecule is CCCCCCCCCCCCCCCCC(=O)O[C@H](COC(=O)CCCCCCCCCCCCC(C)C)COP(=O)(O)OC[C@@H](O)COP(=O)(O)OC[C@@H](COC(=O)CCCCCCCCCCC)OC(=O)CCCCCCCCCCCC. The van der Waals surface area contributed by atoms with Crippen molar-refractivity contribution in [2.45, 2.75) is 361 Å². The van der Waals surface area contributed by atoms with Crippen molar-refractivity contribution in [3.05, 3.63) is 0 Å². The van der Waals surface area contributed by atoms with Gasteiger partial charge in [-0.25, -0.2) is 9.13 Å². The zero-order valence-electron chi connectivity index (χ0n) is 55.4. The molecule has 0 aromatic carbocycles. The summed E-state index contributed by atoms with van der Waals surface area (Å²) >= 11 is 0. The van der Waals surface area contributed by atoms with Gasteiger partial charge in [0, 0.05) is 25.7 Å². The Labute approximate surface area is 524 Å². The monoisotopic (exact) mass is 1270 g/mol. The molecular formula is C67H130O17P2. The van der Waals surface area contributed by atoms with E-state index in [1.165, 1.54) is 167 Å². The molecule has 0 amide bonds. The van der Waals surface area contributed by atoms with E-state index < -0.39 is 97.5 Å². The van der Waals surface area contributed by atoms with Crippen molar-refractivity contribution in [2.75, 3.05) is 39.6 Å². The zero-order chi connectivity index (χ0) is 63.5. The van der Waals surface area contributed by atoms with Crippen LogP contribution in [0.1, 0.15) is 343 Å². The van der Waals surface area contributed by atoms with Crippen molar-refractivity contribution in [3.63, 3.8) is 0 Å². The highest BCUT2D eigenvalue weighted by molar-refractivity contribution is 7.47. The predicted molar refractivity (Wildman–Crippen MR) is 345 cm³/mol. The Balaban J connectivity index is 5.23. The van der Waals surface area contributed by atoms with Crippen LogP contribution in [0.4, 0.5) is 0 Å². The second-order valence-corrected chi connectivity index (χ2v) is 27.6. The topological polar surface area (TPSA) is 237 Å². The minimum absolute atomic E-state index is 0.107. The van der Waals surface area contributed by atoms with Crippen LogP contribution in [-0.4, -0.2) is 96.7 Å². The van der Waals surface area contributed by atoms with Gasteiger partial charge in [-0.2, -0.15) is 0 Å². The Morgan fingerprint density at radius 3 is 0.791 bits per heavy atom. The molecule has 0 saturated carbocycles. The molecule has 86 heavy (non-hydrogen) atoms. The second kappa shape index (κ2) is 60.6. The number of unbranched alkanes of at least 4 members (excludes halogenated alkanes) is 39. The van der Waals surface area contributed by atoms with E-state index in [1.807, 2.05) is 0 Å². The molecule has 5 atom stereocenters. The van der Waals surface area contributed by atoms with E-state index in [0.29, 0.717) is 25.7 Å². The van der Waals surface area contributed by atoms with E-state index >= 15 is 0 Å². The molecule has 0 aliphatic heterocycles. The Morgan fingerprint density at radius 2 is 0.535 bits per heavy atom. The fraction of sp³-hybridized carbons (Fsp3) is 0.940. The molecule has 0 bridgehead atoms. The normalized spacial score (nSPS) is 14.2. The summed E-state index contributed by atoms with van der Waals surface area (Å²) in [5.41, 5.74) is 0. The number of carbonyl (C=O) groups excluding carboxylic acids is 4. The molecule has 0 saturated heterocycles. The third-order valence-electron chi connectivity index (χ3n) is 15.5. The molecule has 0 radical (unpaired) electrons. The Hall–Kier alpha value is -1.94. The fourth-order valence-corrected chi connectivity index (χ4v) is 11.7. The molecular weight excluding hydrogens is 1140 g/mol.